The molecule has 0 aromatic rings. The minimum atomic E-state index is 0.0535. The highest BCUT2D eigenvalue weighted by atomic mass is 16.5. The Labute approximate surface area is 92.4 Å². The molecule has 0 fully saturated rings. The molecule has 1 rings (SSSR count). The second kappa shape index (κ2) is 6.13. The van der Waals surface area contributed by atoms with Gasteiger partial charge in [-0.25, -0.2) is 0 Å². The molecule has 3 heteroatoms. The monoisotopic (exact) mass is 214 g/mol. The van der Waals surface area contributed by atoms with Crippen LogP contribution in [0.3, 0.4) is 0 Å². The maximum Gasteiger partial charge on any atom is 0.121 e. The van der Waals surface area contributed by atoms with Crippen LogP contribution in [0.15, 0.2) is 11.8 Å². The van der Waals surface area contributed by atoms with Gasteiger partial charge >= 0.3 is 0 Å². The number of ether oxygens (including phenoxy) is 3. The lowest BCUT2D eigenvalue weighted by molar-refractivity contribution is -0.0168. The first-order valence-electron chi connectivity index (χ1n) is 5.59. The Morgan fingerprint density at radius 3 is 2.67 bits per heavy atom. The van der Waals surface area contributed by atoms with Crippen LogP contribution in [-0.4, -0.2) is 33.5 Å². The van der Waals surface area contributed by atoms with Gasteiger partial charge in [0.05, 0.1) is 13.7 Å². The van der Waals surface area contributed by atoms with E-state index in [1.807, 2.05) is 6.92 Å². The fourth-order valence-corrected chi connectivity index (χ4v) is 2.19. The zero-order valence-electron chi connectivity index (χ0n) is 10.2. The largest absolute Gasteiger partial charge is 0.499 e. The summed E-state index contributed by atoms with van der Waals surface area (Å²) >= 11 is 0. The number of allylic oxidation sites excluding steroid dienone is 1. The molecular weight excluding hydrogens is 192 g/mol. The Bertz CT molecular complexity index is 213. The Balaban J connectivity index is 2.66. The van der Waals surface area contributed by atoms with E-state index in [0.29, 0.717) is 11.8 Å². The van der Waals surface area contributed by atoms with Crippen LogP contribution < -0.4 is 0 Å². The Hall–Kier alpha value is -0.540. The molecule has 1 aliphatic rings. The van der Waals surface area contributed by atoms with E-state index >= 15 is 0 Å². The van der Waals surface area contributed by atoms with Gasteiger partial charge in [0.1, 0.15) is 11.9 Å². The van der Waals surface area contributed by atoms with Crippen molar-refractivity contribution in [3.05, 3.63) is 11.8 Å². The second-order valence-electron chi connectivity index (χ2n) is 4.06. The van der Waals surface area contributed by atoms with Gasteiger partial charge in [0.2, 0.25) is 0 Å². The van der Waals surface area contributed by atoms with E-state index < -0.39 is 0 Å². The molecule has 0 aromatic carbocycles. The van der Waals surface area contributed by atoms with Crippen molar-refractivity contribution in [3.63, 3.8) is 0 Å². The third-order valence-electron chi connectivity index (χ3n) is 2.86. The quantitative estimate of drug-likeness (QED) is 0.702. The average molecular weight is 214 g/mol. The first-order valence-corrected chi connectivity index (χ1v) is 5.59. The fraction of sp³-hybridized carbons (Fsp3) is 0.833. The summed E-state index contributed by atoms with van der Waals surface area (Å²) < 4.78 is 16.3. The van der Waals surface area contributed by atoms with Crippen molar-refractivity contribution < 1.29 is 14.2 Å². The van der Waals surface area contributed by atoms with E-state index in [4.69, 9.17) is 14.2 Å². The number of methoxy groups -OCH3 is 2. The van der Waals surface area contributed by atoms with Crippen molar-refractivity contribution in [1.82, 2.24) is 0 Å². The van der Waals surface area contributed by atoms with Crippen LogP contribution in [0, 0.1) is 11.8 Å². The first kappa shape index (κ1) is 12.5. The molecule has 0 bridgehead atoms. The molecule has 3 atom stereocenters. The van der Waals surface area contributed by atoms with Gasteiger partial charge < -0.3 is 14.2 Å². The van der Waals surface area contributed by atoms with Crippen molar-refractivity contribution in [3.8, 4) is 0 Å². The van der Waals surface area contributed by atoms with Gasteiger partial charge in [0.25, 0.3) is 0 Å². The molecule has 0 saturated heterocycles. The Morgan fingerprint density at radius 2 is 2.13 bits per heavy atom. The molecule has 2 unspecified atom stereocenters. The molecule has 0 N–H and O–H groups in total. The standard InChI is InChI=1S/C12H22O3/c1-5-15-8-10-6-9(2)7-11(13-3)12(10)14-4/h7,9-10,12H,5-6,8H2,1-4H3/t9?,10?,12-/m0/s1. The molecule has 0 saturated carbocycles. The number of hydrogen-bond acceptors (Lipinski definition) is 3. The van der Waals surface area contributed by atoms with Crippen LogP contribution in [0.5, 0.6) is 0 Å². The summed E-state index contributed by atoms with van der Waals surface area (Å²) in [4.78, 5) is 0. The summed E-state index contributed by atoms with van der Waals surface area (Å²) in [5.74, 6) is 1.89. The van der Waals surface area contributed by atoms with Gasteiger partial charge in [-0.05, 0) is 25.3 Å². The van der Waals surface area contributed by atoms with Crippen LogP contribution in [0.1, 0.15) is 20.3 Å². The summed E-state index contributed by atoms with van der Waals surface area (Å²) in [6.07, 6.45) is 3.31. The van der Waals surface area contributed by atoms with Crippen LogP contribution in [0.2, 0.25) is 0 Å². The predicted octanol–water partition coefficient (Wildman–Crippen LogP) is 2.22. The summed E-state index contributed by atoms with van der Waals surface area (Å²) in [5, 5.41) is 0. The molecule has 0 aliphatic heterocycles. The predicted molar refractivity (Wildman–Crippen MR) is 59.7 cm³/mol. The summed E-state index contributed by atoms with van der Waals surface area (Å²) in [6.45, 7) is 5.72. The SMILES string of the molecule is CCOCC1CC(C)C=C(OC)[C@H]1OC. The highest BCUT2D eigenvalue weighted by Crippen LogP contribution is 2.30. The van der Waals surface area contributed by atoms with Crippen LogP contribution in [0.4, 0.5) is 0 Å². The molecule has 0 radical (unpaired) electrons. The van der Waals surface area contributed by atoms with Crippen LogP contribution in [-0.2, 0) is 14.2 Å². The van der Waals surface area contributed by atoms with Crippen molar-refractivity contribution in [1.29, 1.82) is 0 Å². The highest BCUT2D eigenvalue weighted by Gasteiger charge is 2.31. The number of hydrogen-bond donors (Lipinski definition) is 0. The third kappa shape index (κ3) is 3.21. The second-order valence-corrected chi connectivity index (χ2v) is 4.06. The van der Waals surface area contributed by atoms with Crippen molar-refractivity contribution in [2.24, 2.45) is 11.8 Å². The molecule has 15 heavy (non-hydrogen) atoms. The van der Waals surface area contributed by atoms with Gasteiger partial charge in [-0.3, -0.25) is 0 Å². The number of rotatable bonds is 5. The molecule has 0 aromatic heterocycles. The normalized spacial score (nSPS) is 31.2. The molecule has 3 nitrogen and oxygen atoms in total. The molecule has 0 spiro atoms. The van der Waals surface area contributed by atoms with Gasteiger partial charge in [-0.1, -0.05) is 6.92 Å². The maximum atomic E-state index is 5.48. The maximum absolute atomic E-state index is 5.48. The van der Waals surface area contributed by atoms with Crippen LogP contribution >= 0.6 is 0 Å². The van der Waals surface area contributed by atoms with Crippen molar-refractivity contribution in [2.45, 2.75) is 26.4 Å². The zero-order valence-corrected chi connectivity index (χ0v) is 10.2. The Kier molecular flexibility index (Phi) is 5.12. The molecule has 0 amide bonds. The Morgan fingerprint density at radius 1 is 1.40 bits per heavy atom. The van der Waals surface area contributed by atoms with E-state index in [2.05, 4.69) is 13.0 Å². The lowest BCUT2D eigenvalue weighted by Crippen LogP contribution is -2.34. The third-order valence-corrected chi connectivity index (χ3v) is 2.86. The minimum absolute atomic E-state index is 0.0535. The summed E-state index contributed by atoms with van der Waals surface area (Å²) in [6, 6.07) is 0. The fourth-order valence-electron chi connectivity index (χ4n) is 2.19. The molecular formula is C12H22O3. The van der Waals surface area contributed by atoms with Crippen molar-refractivity contribution in [2.75, 3.05) is 27.4 Å². The highest BCUT2D eigenvalue weighted by molar-refractivity contribution is 5.09. The lowest BCUT2D eigenvalue weighted by atomic mass is 9.84. The van der Waals surface area contributed by atoms with E-state index in [0.717, 1.165) is 25.4 Å². The van der Waals surface area contributed by atoms with E-state index in [1.165, 1.54) is 0 Å². The summed E-state index contributed by atoms with van der Waals surface area (Å²) in [7, 11) is 3.43. The lowest BCUT2D eigenvalue weighted by Gasteiger charge is -2.33. The van der Waals surface area contributed by atoms with E-state index in [1.54, 1.807) is 14.2 Å². The van der Waals surface area contributed by atoms with Gasteiger partial charge in [-0.15, -0.1) is 0 Å². The summed E-state index contributed by atoms with van der Waals surface area (Å²) in [5.41, 5.74) is 0. The van der Waals surface area contributed by atoms with Gasteiger partial charge in [0, 0.05) is 19.6 Å². The van der Waals surface area contributed by atoms with Gasteiger partial charge in [0.15, 0.2) is 0 Å². The van der Waals surface area contributed by atoms with Crippen LogP contribution in [0.25, 0.3) is 0 Å². The van der Waals surface area contributed by atoms with E-state index in [9.17, 15) is 0 Å². The smallest absolute Gasteiger partial charge is 0.121 e. The molecule has 0 heterocycles. The zero-order chi connectivity index (χ0) is 11.3. The molecule has 1 aliphatic carbocycles. The average Bonchev–Trinajstić information content (AvgIpc) is 2.25. The minimum Gasteiger partial charge on any atom is -0.499 e. The van der Waals surface area contributed by atoms with Gasteiger partial charge in [-0.2, -0.15) is 0 Å². The van der Waals surface area contributed by atoms with Crippen molar-refractivity contribution >= 4 is 0 Å². The molecule has 88 valence electrons. The van der Waals surface area contributed by atoms with E-state index in [-0.39, 0.29) is 6.10 Å². The topological polar surface area (TPSA) is 27.7 Å². The first-order chi connectivity index (χ1) is 7.22.